The van der Waals surface area contributed by atoms with Crippen molar-refractivity contribution < 1.29 is 33.7 Å². The molecule has 1 saturated carbocycles. The molecule has 0 aromatic heterocycles. The Balaban J connectivity index is 1.59. The normalized spacial score (nSPS) is 23.7. The average Bonchev–Trinajstić information content (AvgIpc) is 3.10. The molecule has 9 nitrogen and oxygen atoms in total. The van der Waals surface area contributed by atoms with E-state index in [4.69, 9.17) is 14.2 Å². The van der Waals surface area contributed by atoms with Gasteiger partial charge in [0.2, 0.25) is 0 Å². The van der Waals surface area contributed by atoms with Gasteiger partial charge in [0.05, 0.1) is 12.6 Å². The topological polar surface area (TPSA) is 106 Å². The lowest BCUT2D eigenvalue weighted by molar-refractivity contribution is -0.146. The van der Waals surface area contributed by atoms with Gasteiger partial charge in [-0.25, -0.2) is 9.59 Å². The predicted octanol–water partition coefficient (Wildman–Crippen LogP) is 5.03. The van der Waals surface area contributed by atoms with Gasteiger partial charge in [0.1, 0.15) is 17.9 Å². The van der Waals surface area contributed by atoms with Gasteiger partial charge in [0.15, 0.2) is 0 Å². The van der Waals surface area contributed by atoms with Gasteiger partial charge in [0, 0.05) is 19.0 Å². The van der Waals surface area contributed by atoms with Crippen LogP contribution in [0.2, 0.25) is 0 Å². The molecule has 1 aliphatic heterocycles. The van der Waals surface area contributed by atoms with Crippen LogP contribution in [0.25, 0.3) is 0 Å². The summed E-state index contributed by atoms with van der Waals surface area (Å²) in [5.74, 6) is -0.0250. The van der Waals surface area contributed by atoms with Crippen molar-refractivity contribution in [3.63, 3.8) is 0 Å². The summed E-state index contributed by atoms with van der Waals surface area (Å²) in [7, 11) is 0. The number of benzene rings is 1. The Labute approximate surface area is 213 Å². The van der Waals surface area contributed by atoms with Crippen molar-refractivity contribution in [2.24, 2.45) is 5.92 Å². The van der Waals surface area contributed by atoms with E-state index in [-0.39, 0.29) is 37.7 Å². The first-order chi connectivity index (χ1) is 16.9. The first-order valence-electron chi connectivity index (χ1n) is 12.7. The fourth-order valence-corrected chi connectivity index (χ4v) is 5.02. The molecule has 1 N–H and O–H groups in total. The summed E-state index contributed by atoms with van der Waals surface area (Å²) in [5.41, 5.74) is -0.682. The molecule has 2 aliphatic rings. The molecule has 1 atom stereocenters. The smallest absolute Gasteiger partial charge is 0.410 e. The molecule has 1 saturated heterocycles. The van der Waals surface area contributed by atoms with E-state index in [0.29, 0.717) is 19.3 Å². The lowest BCUT2D eigenvalue weighted by Gasteiger charge is -2.40. The molecule has 2 amide bonds. The summed E-state index contributed by atoms with van der Waals surface area (Å²) in [5, 5.41) is 9.77. The molecule has 1 aliphatic carbocycles. The van der Waals surface area contributed by atoms with Crippen molar-refractivity contribution in [2.75, 3.05) is 13.2 Å². The number of rotatable bonds is 7. The fraction of sp³-hybridized carbons (Fsp3) is 0.667. The summed E-state index contributed by atoms with van der Waals surface area (Å²) in [6.07, 6.45) is 1.79. The number of carbonyl (C=O) groups is 3. The zero-order valence-electron chi connectivity index (χ0n) is 22.1. The highest BCUT2D eigenvalue weighted by molar-refractivity contribution is 5.70. The monoisotopic (exact) mass is 504 g/mol. The van der Waals surface area contributed by atoms with Gasteiger partial charge in [-0.3, -0.25) is 9.69 Å². The second-order valence-corrected chi connectivity index (χ2v) is 11.2. The maximum absolute atomic E-state index is 13.2. The molecule has 3 rings (SSSR count). The highest BCUT2D eigenvalue weighted by Crippen LogP contribution is 2.33. The van der Waals surface area contributed by atoms with Crippen LogP contribution in [0.1, 0.15) is 72.3 Å². The van der Waals surface area contributed by atoms with E-state index in [1.165, 1.54) is 4.90 Å². The number of carbonyl (C=O) groups excluding carboxylic acids is 2. The third kappa shape index (κ3) is 7.59. The Morgan fingerprint density at radius 1 is 1.11 bits per heavy atom. The van der Waals surface area contributed by atoms with Crippen LogP contribution in [0.4, 0.5) is 9.59 Å². The number of amides is 2. The number of hydrogen-bond acceptors (Lipinski definition) is 6. The SMILES string of the molecule is CC(C)(C)OC(=O)N(CC1COC(C)(C)N1C(=O)O)C1CCC(CC(=O)OCc2ccccc2)CC1. The maximum Gasteiger partial charge on any atom is 0.410 e. The number of hydrogen-bond donors (Lipinski definition) is 1. The number of nitrogens with zero attached hydrogens (tertiary/aromatic N) is 2. The highest BCUT2D eigenvalue weighted by Gasteiger charge is 2.46. The van der Waals surface area contributed by atoms with Gasteiger partial charge >= 0.3 is 18.2 Å². The molecule has 36 heavy (non-hydrogen) atoms. The summed E-state index contributed by atoms with van der Waals surface area (Å²) in [4.78, 5) is 40.4. The molecule has 9 heteroatoms. The minimum Gasteiger partial charge on any atom is -0.465 e. The molecule has 1 aromatic carbocycles. The van der Waals surface area contributed by atoms with E-state index in [0.717, 1.165) is 18.4 Å². The molecule has 2 fully saturated rings. The van der Waals surface area contributed by atoms with E-state index in [1.54, 1.807) is 18.7 Å². The van der Waals surface area contributed by atoms with Crippen LogP contribution in [-0.4, -0.2) is 69.6 Å². The molecule has 1 aromatic rings. The number of carboxylic acid groups (broad SMARTS) is 1. The van der Waals surface area contributed by atoms with E-state index in [9.17, 15) is 19.5 Å². The van der Waals surface area contributed by atoms with Crippen LogP contribution in [0.5, 0.6) is 0 Å². The first kappa shape index (κ1) is 27.8. The molecular formula is C27H40N2O7. The second kappa shape index (κ2) is 11.5. The van der Waals surface area contributed by atoms with Crippen LogP contribution in [0.3, 0.4) is 0 Å². The van der Waals surface area contributed by atoms with E-state index in [1.807, 2.05) is 51.1 Å². The van der Waals surface area contributed by atoms with Gasteiger partial charge in [-0.2, -0.15) is 0 Å². The average molecular weight is 505 g/mol. The summed E-state index contributed by atoms with van der Waals surface area (Å²) >= 11 is 0. The van der Waals surface area contributed by atoms with Gasteiger partial charge in [0.25, 0.3) is 0 Å². The van der Waals surface area contributed by atoms with Crippen molar-refractivity contribution in [2.45, 2.75) is 96.7 Å². The molecular weight excluding hydrogens is 464 g/mol. The van der Waals surface area contributed by atoms with Crippen LogP contribution in [0.15, 0.2) is 30.3 Å². The van der Waals surface area contributed by atoms with Crippen molar-refractivity contribution in [3.8, 4) is 0 Å². The van der Waals surface area contributed by atoms with E-state index >= 15 is 0 Å². The molecule has 1 heterocycles. The molecule has 200 valence electrons. The van der Waals surface area contributed by atoms with Crippen LogP contribution in [0, 0.1) is 5.92 Å². The fourth-order valence-electron chi connectivity index (χ4n) is 5.02. The molecule has 0 bridgehead atoms. The van der Waals surface area contributed by atoms with Crippen LogP contribution < -0.4 is 0 Å². The largest absolute Gasteiger partial charge is 0.465 e. The van der Waals surface area contributed by atoms with Crippen molar-refractivity contribution in [1.82, 2.24) is 9.80 Å². The van der Waals surface area contributed by atoms with Crippen molar-refractivity contribution in [1.29, 1.82) is 0 Å². The Morgan fingerprint density at radius 3 is 2.33 bits per heavy atom. The Bertz CT molecular complexity index is 904. The summed E-state index contributed by atoms with van der Waals surface area (Å²) in [6.45, 7) is 9.52. The van der Waals surface area contributed by atoms with Gasteiger partial charge < -0.3 is 24.2 Å². The lowest BCUT2D eigenvalue weighted by atomic mass is 9.83. The third-order valence-corrected chi connectivity index (χ3v) is 6.77. The van der Waals surface area contributed by atoms with Crippen molar-refractivity contribution in [3.05, 3.63) is 35.9 Å². The molecule has 1 unspecified atom stereocenters. The third-order valence-electron chi connectivity index (χ3n) is 6.77. The Hall–Kier alpha value is -2.81. The minimum absolute atomic E-state index is 0.101. The molecule has 0 radical (unpaired) electrons. The summed E-state index contributed by atoms with van der Waals surface area (Å²) < 4.78 is 16.9. The Kier molecular flexibility index (Phi) is 8.87. The lowest BCUT2D eigenvalue weighted by Crippen LogP contribution is -2.54. The van der Waals surface area contributed by atoms with Gasteiger partial charge in [-0.05, 0) is 71.8 Å². The van der Waals surface area contributed by atoms with Crippen molar-refractivity contribution >= 4 is 18.2 Å². The second-order valence-electron chi connectivity index (χ2n) is 11.2. The first-order valence-corrected chi connectivity index (χ1v) is 12.7. The van der Waals surface area contributed by atoms with Crippen LogP contribution in [-0.2, 0) is 25.6 Å². The zero-order valence-corrected chi connectivity index (χ0v) is 22.1. The highest BCUT2D eigenvalue weighted by atomic mass is 16.6. The standard InChI is InChI=1S/C27H40N2O7/c1-26(2,3)36-25(33)28(16-22-18-35-27(4,5)29(22)24(31)32)21-13-11-19(12-14-21)15-23(30)34-17-20-9-7-6-8-10-20/h6-10,19,21-22H,11-18H2,1-5H3,(H,31,32). The number of esters is 1. The van der Waals surface area contributed by atoms with E-state index < -0.39 is 29.6 Å². The zero-order chi connectivity index (χ0) is 26.5. The van der Waals surface area contributed by atoms with Gasteiger partial charge in [-0.15, -0.1) is 0 Å². The number of ether oxygens (including phenoxy) is 3. The van der Waals surface area contributed by atoms with E-state index in [2.05, 4.69) is 0 Å². The van der Waals surface area contributed by atoms with Gasteiger partial charge in [-0.1, -0.05) is 30.3 Å². The minimum atomic E-state index is -1.08. The maximum atomic E-state index is 13.2. The summed E-state index contributed by atoms with van der Waals surface area (Å²) in [6, 6.07) is 9.00. The quantitative estimate of drug-likeness (QED) is 0.519. The Morgan fingerprint density at radius 2 is 1.75 bits per heavy atom. The van der Waals surface area contributed by atoms with Crippen LogP contribution >= 0.6 is 0 Å². The predicted molar refractivity (Wildman–Crippen MR) is 133 cm³/mol. The molecule has 0 spiro atoms.